The highest BCUT2D eigenvalue weighted by molar-refractivity contribution is 5.86. The van der Waals surface area contributed by atoms with Gasteiger partial charge in [0.1, 0.15) is 0 Å². The van der Waals surface area contributed by atoms with Crippen LogP contribution in [0.1, 0.15) is 43.7 Å². The molecule has 28 heavy (non-hydrogen) atoms. The monoisotopic (exact) mass is 388 g/mol. The van der Waals surface area contributed by atoms with E-state index in [4.69, 9.17) is 0 Å². The summed E-state index contributed by atoms with van der Waals surface area (Å²) in [5.41, 5.74) is 1.15. The van der Waals surface area contributed by atoms with E-state index in [0.29, 0.717) is 32.0 Å². The van der Waals surface area contributed by atoms with Crippen molar-refractivity contribution in [2.45, 2.75) is 44.8 Å². The van der Waals surface area contributed by atoms with Crippen LogP contribution in [0.4, 0.5) is 0 Å². The molecule has 2 saturated heterocycles. The van der Waals surface area contributed by atoms with E-state index in [0.717, 1.165) is 51.3 Å². The van der Waals surface area contributed by atoms with Crippen molar-refractivity contribution in [1.82, 2.24) is 20.4 Å². The third-order valence-electron chi connectivity index (χ3n) is 5.96. The Hall–Kier alpha value is -1.47. The minimum absolute atomic E-state index is 0.138. The summed E-state index contributed by atoms with van der Waals surface area (Å²) in [6.45, 7) is 11.9. The van der Waals surface area contributed by atoms with Crippen molar-refractivity contribution in [2.75, 3.05) is 52.4 Å². The van der Waals surface area contributed by atoms with Gasteiger partial charge < -0.3 is 20.6 Å². The van der Waals surface area contributed by atoms with Crippen molar-refractivity contribution in [2.24, 2.45) is 0 Å². The van der Waals surface area contributed by atoms with Crippen LogP contribution in [0.25, 0.3) is 0 Å². The van der Waals surface area contributed by atoms with Gasteiger partial charge in [0.25, 0.3) is 5.91 Å². The molecule has 3 N–H and O–H groups in total. The Morgan fingerprint density at radius 1 is 1.18 bits per heavy atom. The van der Waals surface area contributed by atoms with Crippen LogP contribution in [0.3, 0.4) is 0 Å². The first-order valence-electron chi connectivity index (χ1n) is 10.7. The maximum atomic E-state index is 12.9. The van der Waals surface area contributed by atoms with Crippen molar-refractivity contribution in [3.8, 4) is 0 Å². The van der Waals surface area contributed by atoms with Gasteiger partial charge >= 0.3 is 0 Å². The standard InChI is InChI=1S/C22H36N4O2/c1-18(2)20-6-4-19(5-7-20)16-26-12-3-8-22(28,21(26)27)17-24-11-15-25-13-9-23-10-14-25/h4-7,18,23-24,28H,3,8-17H2,1-2H3/t22-/m0/s1. The van der Waals surface area contributed by atoms with Crippen LogP contribution in [-0.2, 0) is 11.3 Å². The fourth-order valence-corrected chi connectivity index (χ4v) is 4.08. The molecule has 6 nitrogen and oxygen atoms in total. The number of benzene rings is 1. The molecule has 2 aliphatic rings. The Morgan fingerprint density at radius 2 is 1.89 bits per heavy atom. The van der Waals surface area contributed by atoms with Gasteiger partial charge in [-0.15, -0.1) is 0 Å². The summed E-state index contributed by atoms with van der Waals surface area (Å²) in [6.07, 6.45) is 1.38. The number of likely N-dealkylation sites (tertiary alicyclic amines) is 1. The first-order valence-corrected chi connectivity index (χ1v) is 10.7. The van der Waals surface area contributed by atoms with Crippen LogP contribution in [-0.4, -0.2) is 78.8 Å². The van der Waals surface area contributed by atoms with Gasteiger partial charge in [-0.3, -0.25) is 9.69 Å². The summed E-state index contributed by atoms with van der Waals surface area (Å²) in [6, 6.07) is 8.47. The molecule has 2 fully saturated rings. The van der Waals surface area contributed by atoms with E-state index in [1.165, 1.54) is 5.56 Å². The molecule has 0 spiro atoms. The van der Waals surface area contributed by atoms with Gasteiger partial charge in [-0.05, 0) is 29.9 Å². The largest absolute Gasteiger partial charge is 0.379 e. The van der Waals surface area contributed by atoms with E-state index in [9.17, 15) is 9.90 Å². The van der Waals surface area contributed by atoms with E-state index in [-0.39, 0.29) is 5.91 Å². The van der Waals surface area contributed by atoms with Crippen LogP contribution in [0.15, 0.2) is 24.3 Å². The number of piperazine rings is 1. The first-order chi connectivity index (χ1) is 13.5. The molecule has 1 amide bonds. The topological polar surface area (TPSA) is 67.8 Å². The van der Waals surface area contributed by atoms with Crippen molar-refractivity contribution in [3.63, 3.8) is 0 Å². The third-order valence-corrected chi connectivity index (χ3v) is 5.96. The molecule has 0 bridgehead atoms. The molecule has 1 aromatic carbocycles. The zero-order chi connectivity index (χ0) is 20.0. The second kappa shape index (κ2) is 9.83. The lowest BCUT2D eigenvalue weighted by Crippen LogP contribution is -2.58. The average Bonchev–Trinajstić information content (AvgIpc) is 2.70. The Kier molecular flexibility index (Phi) is 7.46. The van der Waals surface area contributed by atoms with Gasteiger partial charge in [0, 0.05) is 58.9 Å². The van der Waals surface area contributed by atoms with Crippen LogP contribution < -0.4 is 10.6 Å². The Morgan fingerprint density at radius 3 is 2.57 bits per heavy atom. The number of rotatable bonds is 8. The number of hydrogen-bond donors (Lipinski definition) is 3. The van der Waals surface area contributed by atoms with E-state index < -0.39 is 5.60 Å². The van der Waals surface area contributed by atoms with Gasteiger partial charge in [-0.1, -0.05) is 38.1 Å². The van der Waals surface area contributed by atoms with Gasteiger partial charge in [0.2, 0.25) is 0 Å². The predicted octanol–water partition coefficient (Wildman–Crippen LogP) is 1.16. The fraction of sp³-hybridized carbons (Fsp3) is 0.682. The molecule has 0 saturated carbocycles. The number of amides is 1. The SMILES string of the molecule is CC(C)c1ccc(CN2CCC[C@](O)(CNCCN3CCNCC3)C2=O)cc1. The van der Waals surface area contributed by atoms with Gasteiger partial charge in [0.05, 0.1) is 0 Å². The van der Waals surface area contributed by atoms with Crippen molar-refractivity contribution in [3.05, 3.63) is 35.4 Å². The number of piperidine rings is 1. The molecule has 0 radical (unpaired) electrons. The lowest BCUT2D eigenvalue weighted by atomic mass is 9.91. The maximum absolute atomic E-state index is 12.9. The van der Waals surface area contributed by atoms with Crippen LogP contribution in [0.2, 0.25) is 0 Å². The number of carbonyl (C=O) groups excluding carboxylic acids is 1. The minimum atomic E-state index is -1.28. The smallest absolute Gasteiger partial charge is 0.256 e. The zero-order valence-electron chi connectivity index (χ0n) is 17.4. The maximum Gasteiger partial charge on any atom is 0.256 e. The average molecular weight is 389 g/mol. The summed E-state index contributed by atoms with van der Waals surface area (Å²) in [4.78, 5) is 17.2. The molecular formula is C22H36N4O2. The molecule has 1 aromatic rings. The Labute approximate surface area is 169 Å². The molecule has 2 aliphatic heterocycles. The molecular weight excluding hydrogens is 352 g/mol. The molecule has 1 atom stereocenters. The van der Waals surface area contributed by atoms with Crippen LogP contribution >= 0.6 is 0 Å². The molecule has 3 rings (SSSR count). The highest BCUT2D eigenvalue weighted by Gasteiger charge is 2.41. The lowest BCUT2D eigenvalue weighted by Gasteiger charge is -2.38. The lowest BCUT2D eigenvalue weighted by molar-refractivity contribution is -0.157. The summed E-state index contributed by atoms with van der Waals surface area (Å²) >= 11 is 0. The van der Waals surface area contributed by atoms with E-state index in [1.54, 1.807) is 0 Å². The minimum Gasteiger partial charge on any atom is -0.379 e. The number of nitrogens with one attached hydrogen (secondary N) is 2. The quantitative estimate of drug-likeness (QED) is 0.583. The van der Waals surface area contributed by atoms with Gasteiger partial charge in [0.15, 0.2) is 5.60 Å². The number of carbonyl (C=O) groups is 1. The Balaban J connectivity index is 1.49. The summed E-state index contributed by atoms with van der Waals surface area (Å²) < 4.78 is 0. The highest BCUT2D eigenvalue weighted by atomic mass is 16.3. The third kappa shape index (κ3) is 5.54. The number of hydrogen-bond acceptors (Lipinski definition) is 5. The molecule has 6 heteroatoms. The van der Waals surface area contributed by atoms with E-state index in [2.05, 4.69) is 53.6 Å². The van der Waals surface area contributed by atoms with Crippen molar-refractivity contribution < 1.29 is 9.90 Å². The molecule has 0 aromatic heterocycles. The number of aliphatic hydroxyl groups is 1. The highest BCUT2D eigenvalue weighted by Crippen LogP contribution is 2.24. The molecule has 0 unspecified atom stereocenters. The van der Waals surface area contributed by atoms with Crippen molar-refractivity contribution in [1.29, 1.82) is 0 Å². The summed E-state index contributed by atoms with van der Waals surface area (Å²) in [5, 5.41) is 17.6. The molecule has 0 aliphatic carbocycles. The molecule has 2 heterocycles. The second-order valence-corrected chi connectivity index (χ2v) is 8.53. The van der Waals surface area contributed by atoms with E-state index in [1.807, 2.05) is 4.90 Å². The van der Waals surface area contributed by atoms with Gasteiger partial charge in [-0.25, -0.2) is 0 Å². The number of nitrogens with zero attached hydrogens (tertiary/aromatic N) is 2. The Bertz CT molecular complexity index is 628. The summed E-state index contributed by atoms with van der Waals surface area (Å²) in [5.74, 6) is 0.365. The fourth-order valence-electron chi connectivity index (χ4n) is 4.08. The van der Waals surface area contributed by atoms with Crippen LogP contribution in [0, 0.1) is 0 Å². The first kappa shape index (κ1) is 21.2. The van der Waals surface area contributed by atoms with Gasteiger partial charge in [-0.2, -0.15) is 0 Å². The predicted molar refractivity (Wildman–Crippen MR) is 112 cm³/mol. The second-order valence-electron chi connectivity index (χ2n) is 8.53. The zero-order valence-corrected chi connectivity index (χ0v) is 17.4. The normalized spacial score (nSPS) is 24.1. The molecule has 156 valence electrons. The summed E-state index contributed by atoms with van der Waals surface area (Å²) in [7, 11) is 0. The van der Waals surface area contributed by atoms with Crippen molar-refractivity contribution >= 4 is 5.91 Å². The van der Waals surface area contributed by atoms with E-state index >= 15 is 0 Å². The van der Waals surface area contributed by atoms with Crippen LogP contribution in [0.5, 0.6) is 0 Å².